The van der Waals surface area contributed by atoms with Crippen LogP contribution in [0, 0.1) is 0 Å². The number of carbonyl (C=O) groups is 2. The number of nitrogens with one attached hydrogen (secondary N) is 1. The summed E-state index contributed by atoms with van der Waals surface area (Å²) in [5, 5.41) is 5.41. The first-order chi connectivity index (χ1) is 13.6. The minimum absolute atomic E-state index is 0.0939. The Balaban J connectivity index is 1.51. The molecule has 3 aromatic carbocycles. The predicted octanol–water partition coefficient (Wildman–Crippen LogP) is 4.23. The number of amides is 2. The second-order valence-electron chi connectivity index (χ2n) is 6.96. The molecular formula is C23H22N2O2S. The number of hydrogen-bond donors (Lipinski definition) is 1. The molecule has 0 spiro atoms. The van der Waals surface area contributed by atoms with Gasteiger partial charge in [0.2, 0.25) is 5.91 Å². The zero-order valence-electron chi connectivity index (χ0n) is 15.7. The SMILES string of the molecule is C[C@H](NC(=O)[C@@H]1CSCN1C(=O)c1ccccc1)c1cccc2ccccc12. The van der Waals surface area contributed by atoms with Crippen LogP contribution in [0.5, 0.6) is 0 Å². The highest BCUT2D eigenvalue weighted by atomic mass is 32.2. The van der Waals surface area contributed by atoms with Gasteiger partial charge in [-0.25, -0.2) is 0 Å². The fourth-order valence-corrected chi connectivity index (χ4v) is 4.78. The van der Waals surface area contributed by atoms with E-state index >= 15 is 0 Å². The molecule has 0 aromatic heterocycles. The zero-order chi connectivity index (χ0) is 19.5. The van der Waals surface area contributed by atoms with Gasteiger partial charge >= 0.3 is 0 Å². The van der Waals surface area contributed by atoms with Gasteiger partial charge in [0.15, 0.2) is 0 Å². The number of hydrogen-bond acceptors (Lipinski definition) is 3. The first-order valence-corrected chi connectivity index (χ1v) is 10.5. The summed E-state index contributed by atoms with van der Waals surface area (Å²) in [5.41, 5.74) is 1.70. The summed E-state index contributed by atoms with van der Waals surface area (Å²) in [6.45, 7) is 1.99. The normalized spacial score (nSPS) is 17.5. The van der Waals surface area contributed by atoms with Crippen LogP contribution in [-0.2, 0) is 4.79 Å². The third kappa shape index (κ3) is 3.62. The van der Waals surface area contributed by atoms with E-state index in [2.05, 4.69) is 23.5 Å². The van der Waals surface area contributed by atoms with Gasteiger partial charge in [-0.05, 0) is 35.4 Å². The number of carbonyl (C=O) groups excluding carboxylic acids is 2. The molecule has 0 aliphatic carbocycles. The quantitative estimate of drug-likeness (QED) is 0.725. The van der Waals surface area contributed by atoms with E-state index in [1.54, 1.807) is 28.8 Å². The molecule has 1 saturated heterocycles. The molecule has 0 radical (unpaired) electrons. The lowest BCUT2D eigenvalue weighted by molar-refractivity contribution is -0.125. The molecular weight excluding hydrogens is 368 g/mol. The fraction of sp³-hybridized carbons (Fsp3) is 0.217. The molecule has 0 saturated carbocycles. The number of fused-ring (bicyclic) bond motifs is 1. The predicted molar refractivity (Wildman–Crippen MR) is 114 cm³/mol. The van der Waals surface area contributed by atoms with Crippen LogP contribution in [0.4, 0.5) is 0 Å². The molecule has 5 heteroatoms. The molecule has 1 N–H and O–H groups in total. The zero-order valence-corrected chi connectivity index (χ0v) is 16.5. The Labute approximate surface area is 168 Å². The molecule has 1 aliphatic rings. The van der Waals surface area contributed by atoms with E-state index in [0.717, 1.165) is 16.3 Å². The van der Waals surface area contributed by atoms with Crippen molar-refractivity contribution in [2.24, 2.45) is 0 Å². The number of rotatable bonds is 4. The second kappa shape index (κ2) is 8.07. The second-order valence-corrected chi connectivity index (χ2v) is 7.96. The van der Waals surface area contributed by atoms with Crippen LogP contribution in [0.15, 0.2) is 72.8 Å². The van der Waals surface area contributed by atoms with E-state index in [-0.39, 0.29) is 17.9 Å². The lowest BCUT2D eigenvalue weighted by Crippen LogP contribution is -2.47. The highest BCUT2D eigenvalue weighted by Gasteiger charge is 2.35. The molecule has 3 aromatic rings. The molecule has 0 unspecified atom stereocenters. The van der Waals surface area contributed by atoms with Gasteiger partial charge in [-0.2, -0.15) is 0 Å². The van der Waals surface area contributed by atoms with Crippen molar-refractivity contribution in [3.8, 4) is 0 Å². The maximum atomic E-state index is 13.0. The van der Waals surface area contributed by atoms with Crippen LogP contribution in [0.3, 0.4) is 0 Å². The van der Waals surface area contributed by atoms with E-state index in [1.165, 1.54) is 0 Å². The smallest absolute Gasteiger partial charge is 0.255 e. The molecule has 2 amide bonds. The first kappa shape index (κ1) is 18.6. The summed E-state index contributed by atoms with van der Waals surface area (Å²) in [5.74, 6) is 0.958. The highest BCUT2D eigenvalue weighted by Crippen LogP contribution is 2.26. The highest BCUT2D eigenvalue weighted by molar-refractivity contribution is 7.99. The number of benzene rings is 3. The molecule has 28 heavy (non-hydrogen) atoms. The van der Waals surface area contributed by atoms with Crippen LogP contribution in [-0.4, -0.2) is 34.4 Å². The van der Waals surface area contributed by atoms with E-state index in [1.807, 2.05) is 49.4 Å². The lowest BCUT2D eigenvalue weighted by atomic mass is 9.99. The Morgan fingerprint density at radius 1 is 1.00 bits per heavy atom. The average Bonchev–Trinajstić information content (AvgIpc) is 3.23. The molecule has 2 atom stereocenters. The van der Waals surface area contributed by atoms with Crippen molar-refractivity contribution >= 4 is 34.3 Å². The van der Waals surface area contributed by atoms with E-state index in [4.69, 9.17) is 0 Å². The van der Waals surface area contributed by atoms with Gasteiger partial charge in [0.25, 0.3) is 5.91 Å². The van der Waals surface area contributed by atoms with Gasteiger partial charge in [-0.1, -0.05) is 60.7 Å². The Morgan fingerprint density at radius 2 is 1.71 bits per heavy atom. The molecule has 4 rings (SSSR count). The number of thioether (sulfide) groups is 1. The van der Waals surface area contributed by atoms with Gasteiger partial charge < -0.3 is 10.2 Å². The Hall–Kier alpha value is -2.79. The van der Waals surface area contributed by atoms with Gasteiger partial charge in [0, 0.05) is 11.3 Å². The molecule has 142 valence electrons. The summed E-state index contributed by atoms with van der Waals surface area (Å²) >= 11 is 1.61. The third-order valence-electron chi connectivity index (χ3n) is 5.12. The Kier molecular flexibility index (Phi) is 5.35. The Morgan fingerprint density at radius 3 is 2.54 bits per heavy atom. The largest absolute Gasteiger partial charge is 0.348 e. The van der Waals surface area contributed by atoms with Crippen molar-refractivity contribution in [3.63, 3.8) is 0 Å². The third-order valence-corrected chi connectivity index (χ3v) is 6.13. The topological polar surface area (TPSA) is 49.4 Å². The fourth-order valence-electron chi connectivity index (χ4n) is 3.62. The van der Waals surface area contributed by atoms with Crippen LogP contribution >= 0.6 is 11.8 Å². The van der Waals surface area contributed by atoms with Crippen molar-refractivity contribution in [2.45, 2.75) is 19.0 Å². The van der Waals surface area contributed by atoms with Gasteiger partial charge in [0.05, 0.1) is 11.9 Å². The summed E-state index contributed by atoms with van der Waals surface area (Å²) in [7, 11) is 0. The molecule has 1 fully saturated rings. The monoisotopic (exact) mass is 390 g/mol. The lowest BCUT2D eigenvalue weighted by Gasteiger charge is -2.25. The van der Waals surface area contributed by atoms with Crippen molar-refractivity contribution < 1.29 is 9.59 Å². The van der Waals surface area contributed by atoms with Crippen LogP contribution in [0.1, 0.15) is 28.9 Å². The maximum absolute atomic E-state index is 13.0. The number of nitrogens with zero attached hydrogens (tertiary/aromatic N) is 1. The summed E-state index contributed by atoms with van der Waals surface area (Å²) in [6.07, 6.45) is 0. The summed E-state index contributed by atoms with van der Waals surface area (Å²) in [4.78, 5) is 27.5. The molecule has 4 nitrogen and oxygen atoms in total. The van der Waals surface area contributed by atoms with Crippen LogP contribution in [0.25, 0.3) is 10.8 Å². The van der Waals surface area contributed by atoms with Crippen molar-refractivity contribution in [1.82, 2.24) is 10.2 Å². The Bertz CT molecular complexity index is 1000. The van der Waals surface area contributed by atoms with E-state index in [9.17, 15) is 9.59 Å². The van der Waals surface area contributed by atoms with Crippen LogP contribution < -0.4 is 5.32 Å². The molecule has 0 bridgehead atoms. The minimum atomic E-state index is -0.449. The molecule has 1 aliphatic heterocycles. The van der Waals surface area contributed by atoms with Gasteiger partial charge in [0.1, 0.15) is 6.04 Å². The molecule has 1 heterocycles. The first-order valence-electron chi connectivity index (χ1n) is 9.37. The minimum Gasteiger partial charge on any atom is -0.348 e. The van der Waals surface area contributed by atoms with Gasteiger partial charge in [-0.3, -0.25) is 9.59 Å². The van der Waals surface area contributed by atoms with E-state index < -0.39 is 6.04 Å². The summed E-state index contributed by atoms with van der Waals surface area (Å²) in [6, 6.07) is 22.8. The average molecular weight is 391 g/mol. The van der Waals surface area contributed by atoms with Crippen molar-refractivity contribution in [2.75, 3.05) is 11.6 Å². The maximum Gasteiger partial charge on any atom is 0.255 e. The van der Waals surface area contributed by atoms with Crippen LogP contribution in [0.2, 0.25) is 0 Å². The van der Waals surface area contributed by atoms with Gasteiger partial charge in [-0.15, -0.1) is 11.8 Å². The standard InChI is InChI=1S/C23H22N2O2S/c1-16(19-13-7-11-17-8-5-6-12-20(17)19)24-22(26)21-14-28-15-25(21)23(27)18-9-3-2-4-10-18/h2-13,16,21H,14-15H2,1H3,(H,24,26)/t16-,21-/m0/s1. The van der Waals surface area contributed by atoms with Crippen molar-refractivity contribution in [3.05, 3.63) is 83.9 Å². The summed E-state index contributed by atoms with van der Waals surface area (Å²) < 4.78 is 0. The van der Waals surface area contributed by atoms with E-state index in [0.29, 0.717) is 17.2 Å². The van der Waals surface area contributed by atoms with Crippen molar-refractivity contribution in [1.29, 1.82) is 0 Å².